The summed E-state index contributed by atoms with van der Waals surface area (Å²) in [6, 6.07) is 2.02. The van der Waals surface area contributed by atoms with E-state index < -0.39 is 0 Å². The van der Waals surface area contributed by atoms with Crippen LogP contribution in [0.25, 0.3) is 0 Å². The van der Waals surface area contributed by atoms with E-state index in [0.29, 0.717) is 6.61 Å². The van der Waals surface area contributed by atoms with Crippen molar-refractivity contribution in [1.29, 1.82) is 0 Å². The molecule has 0 saturated carbocycles. The Morgan fingerprint density at radius 2 is 2.13 bits per heavy atom. The predicted octanol–water partition coefficient (Wildman–Crippen LogP) is 3.59. The quantitative estimate of drug-likeness (QED) is 0.655. The van der Waals surface area contributed by atoms with Crippen molar-refractivity contribution in [3.8, 4) is 0 Å². The third-order valence-corrected chi connectivity index (χ3v) is 3.28. The summed E-state index contributed by atoms with van der Waals surface area (Å²) in [5.74, 6) is 0. The molecule has 0 aliphatic heterocycles. The molecule has 0 bridgehead atoms. The molecule has 0 aliphatic rings. The van der Waals surface area contributed by atoms with Gasteiger partial charge in [0.25, 0.3) is 0 Å². The predicted molar refractivity (Wildman–Crippen MR) is 63.1 cm³/mol. The lowest BCUT2D eigenvalue weighted by Crippen LogP contribution is -1.91. The van der Waals surface area contributed by atoms with Gasteiger partial charge in [-0.1, -0.05) is 24.4 Å². The molecule has 1 aromatic rings. The van der Waals surface area contributed by atoms with Crippen LogP contribution < -0.4 is 0 Å². The molecule has 0 unspecified atom stereocenters. The summed E-state index contributed by atoms with van der Waals surface area (Å²) in [5, 5.41) is 2.10. The third-order valence-electron chi connectivity index (χ3n) is 2.14. The lowest BCUT2D eigenvalue weighted by molar-refractivity contribution is 0.269. The van der Waals surface area contributed by atoms with E-state index in [2.05, 4.69) is 10.1 Å². The minimum Gasteiger partial charge on any atom is -0.457 e. The van der Waals surface area contributed by atoms with E-state index in [-0.39, 0.29) is 0 Å². The number of halogens is 1. The second-order valence-corrected chi connectivity index (χ2v) is 4.90. The van der Waals surface area contributed by atoms with Crippen LogP contribution in [0.5, 0.6) is 0 Å². The molecule has 83 valence electrons. The van der Waals surface area contributed by atoms with Crippen LogP contribution >= 0.6 is 22.9 Å². The standard InChI is InChI=1S/C11H14ClO2S/c12-11-7-10(8-15-11)5-3-1-2-4-6-14-9-13/h7-8H,1-6H2. The van der Waals surface area contributed by atoms with Gasteiger partial charge in [-0.05, 0) is 36.3 Å². The van der Waals surface area contributed by atoms with Gasteiger partial charge in [0.1, 0.15) is 0 Å². The van der Waals surface area contributed by atoms with Crippen molar-refractivity contribution in [1.82, 2.24) is 0 Å². The number of hydrogen-bond acceptors (Lipinski definition) is 3. The Morgan fingerprint density at radius 1 is 1.33 bits per heavy atom. The zero-order valence-electron chi connectivity index (χ0n) is 8.50. The van der Waals surface area contributed by atoms with Crippen molar-refractivity contribution in [3.63, 3.8) is 0 Å². The number of unbranched alkanes of at least 4 members (excludes halogenated alkanes) is 3. The summed E-state index contributed by atoms with van der Waals surface area (Å²) in [6.45, 7) is 1.92. The van der Waals surface area contributed by atoms with Gasteiger partial charge < -0.3 is 4.74 Å². The van der Waals surface area contributed by atoms with Crippen molar-refractivity contribution in [2.75, 3.05) is 6.61 Å². The average molecular weight is 246 g/mol. The fraction of sp³-hybridized carbons (Fsp3) is 0.545. The molecule has 0 N–H and O–H groups in total. The Hall–Kier alpha value is -0.540. The fourth-order valence-electron chi connectivity index (χ4n) is 1.38. The first-order chi connectivity index (χ1) is 7.33. The van der Waals surface area contributed by atoms with Crippen LogP contribution in [0.1, 0.15) is 31.2 Å². The molecular weight excluding hydrogens is 232 g/mol. The van der Waals surface area contributed by atoms with Gasteiger partial charge in [0.15, 0.2) is 0 Å². The van der Waals surface area contributed by atoms with Gasteiger partial charge in [0, 0.05) is 0 Å². The maximum Gasteiger partial charge on any atom is 0.417 e. The van der Waals surface area contributed by atoms with Crippen LogP contribution in [0, 0.1) is 0 Å². The molecular formula is C11H14ClO2S. The molecule has 0 spiro atoms. The molecule has 0 saturated heterocycles. The first kappa shape index (κ1) is 12.5. The lowest BCUT2D eigenvalue weighted by atomic mass is 10.1. The Morgan fingerprint density at radius 3 is 2.80 bits per heavy atom. The van der Waals surface area contributed by atoms with E-state index in [9.17, 15) is 4.79 Å². The van der Waals surface area contributed by atoms with E-state index in [1.807, 2.05) is 6.07 Å². The number of aryl methyl sites for hydroxylation is 1. The van der Waals surface area contributed by atoms with Crippen LogP contribution in [-0.4, -0.2) is 13.1 Å². The van der Waals surface area contributed by atoms with Crippen molar-refractivity contribution in [2.45, 2.75) is 32.1 Å². The maximum atomic E-state index is 9.72. The summed E-state index contributed by atoms with van der Waals surface area (Å²) in [5.41, 5.74) is 1.32. The topological polar surface area (TPSA) is 26.3 Å². The van der Waals surface area contributed by atoms with E-state index in [1.165, 1.54) is 12.0 Å². The number of rotatable bonds is 8. The summed E-state index contributed by atoms with van der Waals surface area (Å²) in [4.78, 5) is 9.72. The van der Waals surface area contributed by atoms with Crippen molar-refractivity contribution >= 4 is 29.4 Å². The van der Waals surface area contributed by atoms with Gasteiger partial charge in [-0.3, -0.25) is 0 Å². The van der Waals surface area contributed by atoms with Gasteiger partial charge in [-0.15, -0.1) is 11.3 Å². The largest absolute Gasteiger partial charge is 0.457 e. The molecule has 1 radical (unpaired) electrons. The Labute approximate surface area is 99.2 Å². The highest BCUT2D eigenvalue weighted by molar-refractivity contribution is 7.14. The molecule has 1 aromatic heterocycles. The SMILES string of the molecule is O=[C]OCCCCCCc1csc(Cl)c1. The Balaban J connectivity index is 1.95. The molecule has 0 aliphatic carbocycles. The normalized spacial score (nSPS) is 10.2. The highest BCUT2D eigenvalue weighted by Crippen LogP contribution is 2.21. The Kier molecular flexibility index (Phi) is 6.44. The number of carbonyl (C=O) groups excluding carboxylic acids is 1. The molecule has 1 rings (SSSR count). The minimum atomic E-state index is 0.494. The van der Waals surface area contributed by atoms with E-state index >= 15 is 0 Å². The van der Waals surface area contributed by atoms with Gasteiger partial charge in [-0.25, -0.2) is 4.79 Å². The second-order valence-electron chi connectivity index (χ2n) is 3.36. The molecule has 1 heterocycles. The summed E-state index contributed by atoms with van der Waals surface area (Å²) in [7, 11) is 0. The van der Waals surface area contributed by atoms with Crippen LogP contribution in [0.3, 0.4) is 0 Å². The summed E-state index contributed by atoms with van der Waals surface area (Å²) >= 11 is 7.40. The fourth-order valence-corrected chi connectivity index (χ4v) is 2.32. The van der Waals surface area contributed by atoms with Crippen LogP contribution in [-0.2, 0) is 16.0 Å². The van der Waals surface area contributed by atoms with Crippen molar-refractivity contribution in [3.05, 3.63) is 21.3 Å². The first-order valence-corrected chi connectivity index (χ1v) is 6.30. The van der Waals surface area contributed by atoms with E-state index in [1.54, 1.807) is 11.3 Å². The maximum absolute atomic E-state index is 9.72. The number of hydrogen-bond donors (Lipinski definition) is 0. The second kappa shape index (κ2) is 7.71. The zero-order chi connectivity index (χ0) is 10.9. The number of thiophene rings is 1. The molecule has 0 amide bonds. The Bertz CT molecular complexity index is 286. The van der Waals surface area contributed by atoms with Crippen LogP contribution in [0.4, 0.5) is 0 Å². The monoisotopic (exact) mass is 245 g/mol. The first-order valence-electron chi connectivity index (χ1n) is 5.05. The van der Waals surface area contributed by atoms with Crippen molar-refractivity contribution < 1.29 is 9.53 Å². The average Bonchev–Trinajstić information content (AvgIpc) is 2.63. The third kappa shape index (κ3) is 5.80. The molecule has 15 heavy (non-hydrogen) atoms. The molecule has 0 atom stereocenters. The highest BCUT2D eigenvalue weighted by atomic mass is 35.5. The smallest absolute Gasteiger partial charge is 0.417 e. The molecule has 0 aromatic carbocycles. The lowest BCUT2D eigenvalue weighted by Gasteiger charge is -1.99. The van der Waals surface area contributed by atoms with Gasteiger partial charge in [-0.2, -0.15) is 0 Å². The minimum absolute atomic E-state index is 0.494. The van der Waals surface area contributed by atoms with Gasteiger partial charge in [0.05, 0.1) is 10.9 Å². The van der Waals surface area contributed by atoms with E-state index in [4.69, 9.17) is 11.6 Å². The molecule has 4 heteroatoms. The summed E-state index contributed by atoms with van der Waals surface area (Å²) in [6.07, 6.45) is 5.44. The van der Waals surface area contributed by atoms with Crippen LogP contribution in [0.15, 0.2) is 11.4 Å². The van der Waals surface area contributed by atoms with E-state index in [0.717, 1.165) is 36.4 Å². The summed E-state index contributed by atoms with van der Waals surface area (Å²) < 4.78 is 5.34. The zero-order valence-corrected chi connectivity index (χ0v) is 10.1. The molecule has 0 fully saturated rings. The number of ether oxygens (including phenoxy) is 1. The molecule has 2 nitrogen and oxygen atoms in total. The highest BCUT2D eigenvalue weighted by Gasteiger charge is 1.97. The van der Waals surface area contributed by atoms with Crippen LogP contribution in [0.2, 0.25) is 4.34 Å². The van der Waals surface area contributed by atoms with Crippen molar-refractivity contribution in [2.24, 2.45) is 0 Å². The van der Waals surface area contributed by atoms with Gasteiger partial charge in [0.2, 0.25) is 0 Å². The van der Waals surface area contributed by atoms with Gasteiger partial charge >= 0.3 is 6.47 Å².